The van der Waals surface area contributed by atoms with Crippen LogP contribution in [0.3, 0.4) is 0 Å². The van der Waals surface area contributed by atoms with E-state index in [4.69, 9.17) is 5.26 Å². The molecule has 4 rings (SSSR count). The van der Waals surface area contributed by atoms with Crippen molar-refractivity contribution >= 4 is 23.2 Å². The van der Waals surface area contributed by atoms with E-state index in [0.717, 1.165) is 22.6 Å². The van der Waals surface area contributed by atoms with Crippen molar-refractivity contribution in [3.63, 3.8) is 0 Å². The summed E-state index contributed by atoms with van der Waals surface area (Å²) in [4.78, 5) is 19.8. The highest BCUT2D eigenvalue weighted by Crippen LogP contribution is 2.33. The molecular weight excluding hydrogens is 300 g/mol. The van der Waals surface area contributed by atoms with E-state index < -0.39 is 0 Å². The van der Waals surface area contributed by atoms with Crippen LogP contribution in [-0.2, 0) is 4.79 Å². The number of imidazole rings is 1. The van der Waals surface area contributed by atoms with Crippen molar-refractivity contribution in [1.82, 2.24) is 9.97 Å². The largest absolute Gasteiger partial charge is 0.338 e. The van der Waals surface area contributed by atoms with Gasteiger partial charge in [-0.3, -0.25) is 4.79 Å². The zero-order valence-corrected chi connectivity index (χ0v) is 12.6. The second kappa shape index (κ2) is 5.52. The maximum absolute atomic E-state index is 12.2. The van der Waals surface area contributed by atoms with Crippen molar-refractivity contribution in [3.8, 4) is 17.5 Å². The minimum Gasteiger partial charge on any atom is -0.338 e. The van der Waals surface area contributed by atoms with Crippen molar-refractivity contribution in [2.24, 2.45) is 0 Å². The fraction of sp³-hybridized carbons (Fsp3) is 0. The minimum absolute atomic E-state index is 0.184. The normalized spacial score (nSPS) is 14.3. The van der Waals surface area contributed by atoms with Gasteiger partial charge in [-0.2, -0.15) is 5.26 Å². The monoisotopic (exact) mass is 312 g/mol. The number of carbonyl (C=O) groups excluding carboxylic acids is 1. The van der Waals surface area contributed by atoms with E-state index in [1.165, 1.54) is 0 Å². The Kier molecular flexibility index (Phi) is 3.22. The van der Waals surface area contributed by atoms with E-state index in [-0.39, 0.29) is 5.91 Å². The second-order valence-electron chi connectivity index (χ2n) is 5.44. The van der Waals surface area contributed by atoms with E-state index in [9.17, 15) is 4.79 Å². The number of benzene rings is 2. The Hall–Kier alpha value is -3.65. The molecule has 0 radical (unpaired) electrons. The first-order valence-corrected chi connectivity index (χ1v) is 7.42. The Morgan fingerprint density at radius 2 is 1.96 bits per heavy atom. The fourth-order valence-corrected chi connectivity index (χ4v) is 2.71. The number of nitrogens with one attached hydrogen (secondary N) is 2. The predicted molar refractivity (Wildman–Crippen MR) is 91.7 cm³/mol. The van der Waals surface area contributed by atoms with Crippen LogP contribution in [0.4, 0.5) is 5.69 Å². The van der Waals surface area contributed by atoms with Gasteiger partial charge in [0.05, 0.1) is 34.8 Å². The molecule has 0 saturated carbocycles. The summed E-state index contributed by atoms with van der Waals surface area (Å²) in [6.07, 6.45) is 3.47. The third-order valence-corrected chi connectivity index (χ3v) is 3.87. The molecule has 0 atom stereocenters. The molecule has 0 unspecified atom stereocenters. The molecule has 114 valence electrons. The smallest absolute Gasteiger partial charge is 0.256 e. The molecule has 24 heavy (non-hydrogen) atoms. The first-order chi connectivity index (χ1) is 11.7. The number of H-pyrrole nitrogens is 1. The van der Waals surface area contributed by atoms with Crippen LogP contribution in [0.15, 0.2) is 54.7 Å². The van der Waals surface area contributed by atoms with E-state index in [1.807, 2.05) is 30.3 Å². The van der Waals surface area contributed by atoms with E-state index in [0.29, 0.717) is 16.8 Å². The zero-order chi connectivity index (χ0) is 16.5. The molecule has 0 saturated heterocycles. The third kappa shape index (κ3) is 2.36. The van der Waals surface area contributed by atoms with Gasteiger partial charge >= 0.3 is 0 Å². The summed E-state index contributed by atoms with van der Waals surface area (Å²) in [5, 5.41) is 11.7. The van der Waals surface area contributed by atoms with Gasteiger partial charge in [0.15, 0.2) is 0 Å². The maximum Gasteiger partial charge on any atom is 0.256 e. The highest BCUT2D eigenvalue weighted by Gasteiger charge is 2.24. The molecule has 3 aromatic rings. The molecule has 0 bridgehead atoms. The number of nitrogens with zero attached hydrogens (tertiary/aromatic N) is 2. The van der Waals surface area contributed by atoms with Gasteiger partial charge in [0, 0.05) is 11.1 Å². The van der Waals surface area contributed by atoms with Gasteiger partial charge in [0.2, 0.25) is 0 Å². The number of rotatable bonds is 2. The molecule has 0 fully saturated rings. The molecule has 2 heterocycles. The van der Waals surface area contributed by atoms with Crippen LogP contribution < -0.4 is 5.32 Å². The number of amides is 1. The Labute approximate surface area is 138 Å². The summed E-state index contributed by atoms with van der Waals surface area (Å²) in [5.41, 5.74) is 4.25. The topological polar surface area (TPSA) is 81.6 Å². The Bertz CT molecular complexity index is 1010. The van der Waals surface area contributed by atoms with Crippen LogP contribution in [0.25, 0.3) is 23.0 Å². The molecule has 2 N–H and O–H groups in total. The Morgan fingerprint density at radius 3 is 2.75 bits per heavy atom. The number of carbonyl (C=O) groups is 1. The van der Waals surface area contributed by atoms with Crippen LogP contribution in [0.5, 0.6) is 0 Å². The highest BCUT2D eigenvalue weighted by atomic mass is 16.2. The number of anilines is 1. The number of hydrogen-bond donors (Lipinski definition) is 2. The van der Waals surface area contributed by atoms with Crippen LogP contribution in [0.1, 0.15) is 16.8 Å². The third-order valence-electron chi connectivity index (χ3n) is 3.87. The molecular formula is C19H12N4O. The van der Waals surface area contributed by atoms with Gasteiger partial charge in [-0.05, 0) is 18.2 Å². The van der Waals surface area contributed by atoms with Gasteiger partial charge in [-0.25, -0.2) is 4.98 Å². The number of nitriles is 1. The van der Waals surface area contributed by atoms with Crippen LogP contribution in [0.2, 0.25) is 0 Å². The average molecular weight is 312 g/mol. The van der Waals surface area contributed by atoms with Gasteiger partial charge in [-0.15, -0.1) is 0 Å². The van der Waals surface area contributed by atoms with Gasteiger partial charge in [0.1, 0.15) is 5.82 Å². The molecule has 1 aliphatic rings. The molecule has 1 amide bonds. The predicted octanol–water partition coefficient (Wildman–Crippen LogP) is 3.44. The molecule has 0 spiro atoms. The van der Waals surface area contributed by atoms with Crippen LogP contribution in [-0.4, -0.2) is 15.9 Å². The lowest BCUT2D eigenvalue weighted by atomic mass is 10.0. The summed E-state index contributed by atoms with van der Waals surface area (Å²) in [6, 6.07) is 17.0. The number of hydrogen-bond acceptors (Lipinski definition) is 3. The lowest BCUT2D eigenvalue weighted by Crippen LogP contribution is -2.03. The minimum atomic E-state index is -0.184. The summed E-state index contributed by atoms with van der Waals surface area (Å²) in [6.45, 7) is 0. The molecule has 5 heteroatoms. The van der Waals surface area contributed by atoms with Gasteiger partial charge < -0.3 is 10.3 Å². The van der Waals surface area contributed by atoms with Crippen molar-refractivity contribution in [2.75, 3.05) is 5.32 Å². The van der Waals surface area contributed by atoms with Crippen LogP contribution >= 0.6 is 0 Å². The summed E-state index contributed by atoms with van der Waals surface area (Å²) < 4.78 is 0. The number of aromatic amines is 1. The second-order valence-corrected chi connectivity index (χ2v) is 5.44. The summed E-state index contributed by atoms with van der Waals surface area (Å²) in [7, 11) is 0. The SMILES string of the molecule is N#Cc1ccc2c(c1)NC(=O)/C2=C/c1cnc(-c2ccccc2)[nH]1. The van der Waals surface area contributed by atoms with E-state index in [1.54, 1.807) is 30.5 Å². The Morgan fingerprint density at radius 1 is 1.12 bits per heavy atom. The van der Waals surface area contributed by atoms with Crippen molar-refractivity contribution in [1.29, 1.82) is 5.26 Å². The van der Waals surface area contributed by atoms with E-state index >= 15 is 0 Å². The number of fused-ring (bicyclic) bond motifs is 1. The highest BCUT2D eigenvalue weighted by molar-refractivity contribution is 6.34. The molecule has 1 aromatic heterocycles. The maximum atomic E-state index is 12.2. The standard InChI is InChI=1S/C19H12N4O/c20-10-12-6-7-15-16(19(24)23-17(15)8-12)9-14-11-21-18(22-14)13-4-2-1-3-5-13/h1-9,11H,(H,21,22)(H,23,24)/b16-9+. The average Bonchev–Trinajstić information content (AvgIpc) is 3.20. The van der Waals surface area contributed by atoms with Gasteiger partial charge in [-0.1, -0.05) is 36.4 Å². The van der Waals surface area contributed by atoms with Gasteiger partial charge in [0.25, 0.3) is 5.91 Å². The number of aromatic nitrogens is 2. The summed E-state index contributed by atoms with van der Waals surface area (Å²) >= 11 is 0. The first-order valence-electron chi connectivity index (χ1n) is 7.42. The quantitative estimate of drug-likeness (QED) is 0.711. The molecule has 2 aromatic carbocycles. The van der Waals surface area contributed by atoms with Crippen LogP contribution in [0, 0.1) is 11.3 Å². The lowest BCUT2D eigenvalue weighted by molar-refractivity contribution is -0.110. The van der Waals surface area contributed by atoms with Crippen molar-refractivity contribution in [3.05, 3.63) is 71.5 Å². The molecule has 1 aliphatic heterocycles. The summed E-state index contributed by atoms with van der Waals surface area (Å²) in [5.74, 6) is 0.567. The molecule has 0 aliphatic carbocycles. The Balaban J connectivity index is 1.72. The van der Waals surface area contributed by atoms with Crippen molar-refractivity contribution in [2.45, 2.75) is 0 Å². The zero-order valence-electron chi connectivity index (χ0n) is 12.6. The fourth-order valence-electron chi connectivity index (χ4n) is 2.71. The first kappa shape index (κ1) is 14.0. The molecule has 5 nitrogen and oxygen atoms in total. The lowest BCUT2D eigenvalue weighted by Gasteiger charge is -1.98. The van der Waals surface area contributed by atoms with E-state index in [2.05, 4.69) is 21.4 Å². The van der Waals surface area contributed by atoms with Crippen molar-refractivity contribution < 1.29 is 4.79 Å².